The number of aromatic nitrogens is 2. The van der Waals surface area contributed by atoms with Gasteiger partial charge in [0, 0.05) is 18.3 Å². The molecule has 0 atom stereocenters. The monoisotopic (exact) mass is 259 g/mol. The maximum Gasteiger partial charge on any atom is 0.305 e. The number of nitrogen functional groups attached to an aromatic ring is 1. The quantitative estimate of drug-likeness (QED) is 0.833. The fourth-order valence-corrected chi connectivity index (χ4v) is 1.88. The third-order valence-corrected chi connectivity index (χ3v) is 2.86. The molecule has 0 aliphatic heterocycles. The summed E-state index contributed by atoms with van der Waals surface area (Å²) in [5, 5.41) is 0. The first-order chi connectivity index (χ1) is 9.20. The van der Waals surface area contributed by atoms with Crippen LogP contribution in [0.5, 0.6) is 0 Å². The SMILES string of the molecule is COC(=O)CCCc1cn(-c2ccccc2)c(N)n1. The average molecular weight is 259 g/mol. The van der Waals surface area contributed by atoms with Crippen molar-refractivity contribution in [1.29, 1.82) is 0 Å². The minimum absolute atomic E-state index is 0.199. The van der Waals surface area contributed by atoms with Gasteiger partial charge in [-0.25, -0.2) is 4.98 Å². The van der Waals surface area contributed by atoms with Crippen LogP contribution in [0.2, 0.25) is 0 Å². The van der Waals surface area contributed by atoms with Crippen LogP contribution in [0.25, 0.3) is 5.69 Å². The molecule has 0 bridgehead atoms. The Balaban J connectivity index is 2.03. The Morgan fingerprint density at radius 1 is 1.37 bits per heavy atom. The second-order valence-corrected chi connectivity index (χ2v) is 4.23. The van der Waals surface area contributed by atoms with Crippen LogP contribution in [0, 0.1) is 0 Å². The van der Waals surface area contributed by atoms with Gasteiger partial charge in [0.1, 0.15) is 0 Å². The molecule has 0 aliphatic carbocycles. The zero-order valence-electron chi connectivity index (χ0n) is 10.9. The van der Waals surface area contributed by atoms with Crippen molar-refractivity contribution in [2.45, 2.75) is 19.3 Å². The van der Waals surface area contributed by atoms with Gasteiger partial charge in [0.2, 0.25) is 5.95 Å². The lowest BCUT2D eigenvalue weighted by atomic mass is 10.2. The lowest BCUT2D eigenvalue weighted by Gasteiger charge is -2.02. The fraction of sp³-hybridized carbons (Fsp3) is 0.286. The maximum atomic E-state index is 11.0. The smallest absolute Gasteiger partial charge is 0.305 e. The molecule has 2 aromatic rings. The average Bonchev–Trinajstić information content (AvgIpc) is 2.80. The summed E-state index contributed by atoms with van der Waals surface area (Å²) in [5.74, 6) is 0.259. The molecule has 0 spiro atoms. The Morgan fingerprint density at radius 2 is 2.11 bits per heavy atom. The summed E-state index contributed by atoms with van der Waals surface area (Å²) in [6.07, 6.45) is 3.72. The third-order valence-electron chi connectivity index (χ3n) is 2.86. The van der Waals surface area contributed by atoms with Crippen LogP contribution in [0.4, 0.5) is 5.95 Å². The molecule has 0 saturated carbocycles. The largest absolute Gasteiger partial charge is 0.469 e. The number of carbonyl (C=O) groups excluding carboxylic acids is 1. The van der Waals surface area contributed by atoms with Gasteiger partial charge in [-0.3, -0.25) is 9.36 Å². The zero-order valence-corrected chi connectivity index (χ0v) is 10.9. The molecule has 0 saturated heterocycles. The number of nitrogens with zero attached hydrogens (tertiary/aromatic N) is 2. The molecule has 0 fully saturated rings. The van der Waals surface area contributed by atoms with E-state index < -0.39 is 0 Å². The van der Waals surface area contributed by atoms with Gasteiger partial charge < -0.3 is 10.5 Å². The van der Waals surface area contributed by atoms with Crippen molar-refractivity contribution >= 4 is 11.9 Å². The molecule has 0 radical (unpaired) electrons. The Bertz CT molecular complexity index is 549. The number of hydrogen-bond acceptors (Lipinski definition) is 4. The van der Waals surface area contributed by atoms with Gasteiger partial charge in [0.05, 0.1) is 12.8 Å². The van der Waals surface area contributed by atoms with Crippen LogP contribution in [0.15, 0.2) is 36.5 Å². The Morgan fingerprint density at radius 3 is 2.79 bits per heavy atom. The van der Waals surface area contributed by atoms with E-state index in [0.29, 0.717) is 25.2 Å². The van der Waals surface area contributed by atoms with Gasteiger partial charge in [-0.05, 0) is 25.0 Å². The molecule has 19 heavy (non-hydrogen) atoms. The summed E-state index contributed by atoms with van der Waals surface area (Å²) in [6, 6.07) is 9.79. The number of nitrogens with two attached hydrogens (primary N) is 1. The molecule has 1 aromatic heterocycles. The molecule has 5 heteroatoms. The number of carbonyl (C=O) groups is 1. The summed E-state index contributed by atoms with van der Waals surface area (Å²) in [6.45, 7) is 0. The number of hydrogen-bond donors (Lipinski definition) is 1. The molecule has 100 valence electrons. The Kier molecular flexibility index (Phi) is 4.18. The molecular formula is C14H17N3O2. The number of rotatable bonds is 5. The number of imidazole rings is 1. The molecule has 5 nitrogen and oxygen atoms in total. The second kappa shape index (κ2) is 6.04. The topological polar surface area (TPSA) is 70.1 Å². The van der Waals surface area contributed by atoms with Crippen LogP contribution >= 0.6 is 0 Å². The minimum atomic E-state index is -0.199. The number of ether oxygens (including phenoxy) is 1. The summed E-state index contributed by atoms with van der Waals surface area (Å²) < 4.78 is 6.44. The number of para-hydroxylation sites is 1. The highest BCUT2D eigenvalue weighted by Gasteiger charge is 2.07. The first-order valence-corrected chi connectivity index (χ1v) is 6.16. The summed E-state index contributed by atoms with van der Waals surface area (Å²) >= 11 is 0. The maximum absolute atomic E-state index is 11.0. The van der Waals surface area contributed by atoms with E-state index in [1.54, 1.807) is 0 Å². The van der Waals surface area contributed by atoms with E-state index in [9.17, 15) is 4.79 Å². The third kappa shape index (κ3) is 3.34. The summed E-state index contributed by atoms with van der Waals surface area (Å²) in [5.41, 5.74) is 7.75. The van der Waals surface area contributed by atoms with Crippen molar-refractivity contribution in [1.82, 2.24) is 9.55 Å². The van der Waals surface area contributed by atoms with Gasteiger partial charge in [-0.15, -0.1) is 0 Å². The molecule has 0 amide bonds. The van der Waals surface area contributed by atoms with Crippen molar-refractivity contribution < 1.29 is 9.53 Å². The molecule has 2 N–H and O–H groups in total. The zero-order chi connectivity index (χ0) is 13.7. The molecule has 1 aromatic carbocycles. The van der Waals surface area contributed by atoms with Crippen LogP contribution in [0.3, 0.4) is 0 Å². The van der Waals surface area contributed by atoms with Crippen molar-refractivity contribution in [3.63, 3.8) is 0 Å². The standard InChI is InChI=1S/C14H17N3O2/c1-19-13(18)9-5-6-11-10-17(14(15)16-11)12-7-3-2-4-8-12/h2-4,7-8,10H,5-6,9H2,1H3,(H2,15,16). The fourth-order valence-electron chi connectivity index (χ4n) is 1.88. The normalized spacial score (nSPS) is 10.4. The number of esters is 1. The number of benzene rings is 1. The highest BCUT2D eigenvalue weighted by Crippen LogP contribution is 2.15. The molecule has 2 rings (SSSR count). The predicted octanol–water partition coefficient (Wildman–Crippen LogP) is 1.95. The van der Waals surface area contributed by atoms with E-state index in [1.807, 2.05) is 41.1 Å². The van der Waals surface area contributed by atoms with Gasteiger partial charge in [-0.2, -0.15) is 0 Å². The van der Waals surface area contributed by atoms with Crippen molar-refractivity contribution in [2.75, 3.05) is 12.8 Å². The highest BCUT2D eigenvalue weighted by molar-refractivity contribution is 5.69. The lowest BCUT2D eigenvalue weighted by molar-refractivity contribution is -0.140. The van der Waals surface area contributed by atoms with Crippen molar-refractivity contribution in [3.05, 3.63) is 42.2 Å². The highest BCUT2D eigenvalue weighted by atomic mass is 16.5. The lowest BCUT2D eigenvalue weighted by Crippen LogP contribution is -2.00. The first kappa shape index (κ1) is 13.1. The van der Waals surface area contributed by atoms with E-state index in [4.69, 9.17) is 5.73 Å². The summed E-state index contributed by atoms with van der Waals surface area (Å²) in [7, 11) is 1.39. The number of aryl methyl sites for hydroxylation is 1. The Hall–Kier alpha value is -2.30. The molecular weight excluding hydrogens is 242 g/mol. The van der Waals surface area contributed by atoms with Crippen LogP contribution < -0.4 is 5.73 Å². The predicted molar refractivity (Wildman–Crippen MR) is 72.9 cm³/mol. The van der Waals surface area contributed by atoms with E-state index in [0.717, 1.165) is 11.4 Å². The second-order valence-electron chi connectivity index (χ2n) is 4.23. The molecule has 1 heterocycles. The van der Waals surface area contributed by atoms with Gasteiger partial charge in [0.15, 0.2) is 0 Å². The van der Waals surface area contributed by atoms with Crippen molar-refractivity contribution in [3.8, 4) is 5.69 Å². The Labute approximate surface area is 112 Å². The first-order valence-electron chi connectivity index (χ1n) is 6.16. The van der Waals surface area contributed by atoms with Crippen LogP contribution in [-0.2, 0) is 16.0 Å². The van der Waals surface area contributed by atoms with Gasteiger partial charge in [-0.1, -0.05) is 18.2 Å². The van der Waals surface area contributed by atoms with Crippen LogP contribution in [-0.4, -0.2) is 22.6 Å². The van der Waals surface area contributed by atoms with Gasteiger partial charge in [0.25, 0.3) is 0 Å². The van der Waals surface area contributed by atoms with Crippen LogP contribution in [0.1, 0.15) is 18.5 Å². The van der Waals surface area contributed by atoms with E-state index in [1.165, 1.54) is 7.11 Å². The minimum Gasteiger partial charge on any atom is -0.469 e. The van der Waals surface area contributed by atoms with E-state index in [-0.39, 0.29) is 5.97 Å². The summed E-state index contributed by atoms with van der Waals surface area (Å²) in [4.78, 5) is 15.3. The van der Waals surface area contributed by atoms with Crippen molar-refractivity contribution in [2.24, 2.45) is 0 Å². The van der Waals surface area contributed by atoms with Gasteiger partial charge >= 0.3 is 5.97 Å². The van der Waals surface area contributed by atoms with E-state index >= 15 is 0 Å². The molecule has 0 unspecified atom stereocenters. The number of methoxy groups -OCH3 is 1. The van der Waals surface area contributed by atoms with E-state index in [2.05, 4.69) is 9.72 Å². The molecule has 0 aliphatic rings. The number of anilines is 1.